The molecule has 0 saturated heterocycles. The number of rotatable bonds is 1. The van der Waals surface area contributed by atoms with Crippen LogP contribution >= 0.6 is 12.4 Å². The number of ether oxygens (including phenoxy) is 2. The van der Waals surface area contributed by atoms with Gasteiger partial charge in [0, 0.05) is 5.56 Å². The fraction of sp³-hybridized carbons (Fsp3) is 0.500. The Kier molecular flexibility index (Phi) is 3.53. The highest BCUT2D eigenvalue weighted by molar-refractivity contribution is 5.97. The molecule has 1 aliphatic heterocycles. The Morgan fingerprint density at radius 1 is 1.22 bits per heavy atom. The second kappa shape index (κ2) is 4.81. The molecule has 3 rings (SSSR count). The van der Waals surface area contributed by atoms with Gasteiger partial charge in [0.2, 0.25) is 0 Å². The third-order valence-corrected chi connectivity index (χ3v) is 3.89. The van der Waals surface area contributed by atoms with Crippen LogP contribution in [0.5, 0.6) is 5.75 Å². The van der Waals surface area contributed by atoms with E-state index in [9.17, 15) is 4.79 Å². The van der Waals surface area contributed by atoms with E-state index < -0.39 is 0 Å². The molecule has 98 valence electrons. The summed E-state index contributed by atoms with van der Waals surface area (Å²) in [6.07, 6.45) is 5.38. The van der Waals surface area contributed by atoms with Crippen molar-refractivity contribution in [2.24, 2.45) is 0 Å². The molecule has 1 spiro atoms. The molecule has 1 saturated carbocycles. The van der Waals surface area contributed by atoms with E-state index in [0.717, 1.165) is 31.2 Å². The summed E-state index contributed by atoms with van der Waals surface area (Å²) in [6.45, 7) is 0. The van der Waals surface area contributed by atoms with Crippen molar-refractivity contribution < 1.29 is 14.3 Å². The maximum absolute atomic E-state index is 12.0. The van der Waals surface area contributed by atoms with Crippen molar-refractivity contribution in [2.45, 2.75) is 37.7 Å². The Bertz CT molecular complexity index is 464. The Labute approximate surface area is 113 Å². The summed E-state index contributed by atoms with van der Waals surface area (Å²) in [5.74, 6) is 0.411. The summed E-state index contributed by atoms with van der Waals surface area (Å²) < 4.78 is 10.9. The van der Waals surface area contributed by atoms with Gasteiger partial charge >= 0.3 is 5.97 Å². The molecule has 0 atom stereocenters. The molecule has 3 nitrogen and oxygen atoms in total. The topological polar surface area (TPSA) is 35.5 Å². The van der Waals surface area contributed by atoms with Crippen LogP contribution in [0.15, 0.2) is 18.2 Å². The zero-order valence-corrected chi connectivity index (χ0v) is 11.2. The van der Waals surface area contributed by atoms with Gasteiger partial charge in [0.15, 0.2) is 0 Å². The van der Waals surface area contributed by atoms with Gasteiger partial charge in [-0.3, -0.25) is 0 Å². The standard InChI is InChI=1S/C14H16O3.ClH/c1-16-11-7-5-6-10-12(11)13(15)17-14(10)8-3-2-4-9-14;/h5-7H,2-4,8-9H2,1H3;1H. The summed E-state index contributed by atoms with van der Waals surface area (Å²) >= 11 is 0. The van der Waals surface area contributed by atoms with Crippen LogP contribution in [0, 0.1) is 0 Å². The molecule has 0 N–H and O–H groups in total. The van der Waals surface area contributed by atoms with Crippen LogP contribution in [0.25, 0.3) is 0 Å². The summed E-state index contributed by atoms with van der Waals surface area (Å²) in [5, 5.41) is 0. The van der Waals surface area contributed by atoms with Crippen LogP contribution < -0.4 is 4.74 Å². The van der Waals surface area contributed by atoms with Crippen molar-refractivity contribution >= 4 is 18.4 Å². The minimum absolute atomic E-state index is 0. The van der Waals surface area contributed by atoms with Gasteiger partial charge in [0.1, 0.15) is 16.9 Å². The predicted octanol–water partition coefficient (Wildman–Crippen LogP) is 3.45. The van der Waals surface area contributed by atoms with Crippen LogP contribution in [0.1, 0.15) is 48.0 Å². The number of hydrogen-bond acceptors (Lipinski definition) is 3. The van der Waals surface area contributed by atoms with E-state index in [0.29, 0.717) is 11.3 Å². The normalized spacial score (nSPS) is 19.9. The number of carbonyl (C=O) groups excluding carboxylic acids is 1. The Morgan fingerprint density at radius 2 is 1.94 bits per heavy atom. The van der Waals surface area contributed by atoms with Gasteiger partial charge in [0.25, 0.3) is 0 Å². The fourth-order valence-electron chi connectivity index (χ4n) is 3.07. The first kappa shape index (κ1) is 13.2. The van der Waals surface area contributed by atoms with Crippen molar-refractivity contribution in [3.63, 3.8) is 0 Å². The summed E-state index contributed by atoms with van der Waals surface area (Å²) in [4.78, 5) is 12.0. The van der Waals surface area contributed by atoms with Gasteiger partial charge in [-0.05, 0) is 31.7 Å². The lowest BCUT2D eigenvalue weighted by Gasteiger charge is -2.32. The number of halogens is 1. The quantitative estimate of drug-likeness (QED) is 0.732. The molecule has 1 aliphatic carbocycles. The van der Waals surface area contributed by atoms with Gasteiger partial charge in [0.05, 0.1) is 7.11 Å². The third kappa shape index (κ3) is 1.77. The van der Waals surface area contributed by atoms with Crippen LogP contribution in [0.3, 0.4) is 0 Å². The van der Waals surface area contributed by atoms with Gasteiger partial charge in [-0.2, -0.15) is 0 Å². The zero-order chi connectivity index (χ0) is 11.9. The lowest BCUT2D eigenvalue weighted by Crippen LogP contribution is -2.28. The zero-order valence-electron chi connectivity index (χ0n) is 10.4. The first-order valence-electron chi connectivity index (χ1n) is 6.18. The lowest BCUT2D eigenvalue weighted by atomic mass is 9.79. The van der Waals surface area contributed by atoms with Gasteiger partial charge < -0.3 is 9.47 Å². The fourth-order valence-corrected chi connectivity index (χ4v) is 3.07. The molecular formula is C14H17ClO3. The molecule has 1 heterocycles. The van der Waals surface area contributed by atoms with E-state index in [1.165, 1.54) is 6.42 Å². The van der Waals surface area contributed by atoms with Gasteiger partial charge in [-0.15, -0.1) is 12.4 Å². The van der Waals surface area contributed by atoms with E-state index in [2.05, 4.69) is 0 Å². The molecule has 0 bridgehead atoms. The van der Waals surface area contributed by atoms with Gasteiger partial charge in [-0.1, -0.05) is 18.6 Å². The number of carbonyl (C=O) groups is 1. The molecule has 0 aromatic heterocycles. The largest absolute Gasteiger partial charge is 0.496 e. The molecule has 2 aliphatic rings. The van der Waals surface area contributed by atoms with Crippen LogP contribution in [-0.4, -0.2) is 13.1 Å². The highest BCUT2D eigenvalue weighted by atomic mass is 35.5. The Hall–Kier alpha value is -1.22. The Balaban J connectivity index is 0.00000120. The monoisotopic (exact) mass is 268 g/mol. The maximum Gasteiger partial charge on any atom is 0.343 e. The minimum atomic E-state index is -0.362. The van der Waals surface area contributed by atoms with Crippen LogP contribution in [0.2, 0.25) is 0 Å². The summed E-state index contributed by atoms with van der Waals surface area (Å²) in [5.41, 5.74) is 1.30. The van der Waals surface area contributed by atoms with E-state index in [1.54, 1.807) is 7.11 Å². The van der Waals surface area contributed by atoms with Crippen molar-refractivity contribution in [3.8, 4) is 5.75 Å². The Morgan fingerprint density at radius 3 is 2.61 bits per heavy atom. The number of fused-ring (bicyclic) bond motifs is 2. The highest BCUT2D eigenvalue weighted by Gasteiger charge is 2.47. The van der Waals surface area contributed by atoms with Crippen molar-refractivity contribution in [1.29, 1.82) is 0 Å². The van der Waals surface area contributed by atoms with Crippen molar-refractivity contribution in [2.75, 3.05) is 7.11 Å². The maximum atomic E-state index is 12.0. The number of methoxy groups -OCH3 is 1. The number of esters is 1. The van der Waals surface area contributed by atoms with E-state index in [-0.39, 0.29) is 24.0 Å². The molecule has 4 heteroatoms. The summed E-state index contributed by atoms with van der Waals surface area (Å²) in [7, 11) is 1.59. The summed E-state index contributed by atoms with van der Waals surface area (Å²) in [6, 6.07) is 5.77. The molecule has 0 radical (unpaired) electrons. The lowest BCUT2D eigenvalue weighted by molar-refractivity contribution is -0.0280. The molecule has 0 amide bonds. The second-order valence-electron chi connectivity index (χ2n) is 4.83. The van der Waals surface area contributed by atoms with Crippen LogP contribution in [-0.2, 0) is 10.3 Å². The molecular weight excluding hydrogens is 252 g/mol. The van der Waals surface area contributed by atoms with Gasteiger partial charge in [-0.25, -0.2) is 4.79 Å². The SMILES string of the molecule is COc1cccc2c1C(=O)OC21CCCCC1.Cl. The predicted molar refractivity (Wildman–Crippen MR) is 70.4 cm³/mol. The third-order valence-electron chi connectivity index (χ3n) is 3.89. The number of hydrogen-bond donors (Lipinski definition) is 0. The first-order valence-corrected chi connectivity index (χ1v) is 6.18. The molecule has 1 aromatic rings. The van der Waals surface area contributed by atoms with E-state index >= 15 is 0 Å². The highest BCUT2D eigenvalue weighted by Crippen LogP contribution is 2.48. The van der Waals surface area contributed by atoms with Crippen molar-refractivity contribution in [1.82, 2.24) is 0 Å². The average Bonchev–Trinajstić information content (AvgIpc) is 2.64. The van der Waals surface area contributed by atoms with Crippen LogP contribution in [0.4, 0.5) is 0 Å². The first-order chi connectivity index (χ1) is 8.27. The van der Waals surface area contributed by atoms with E-state index in [1.807, 2.05) is 18.2 Å². The molecule has 0 unspecified atom stereocenters. The van der Waals surface area contributed by atoms with E-state index in [4.69, 9.17) is 9.47 Å². The minimum Gasteiger partial charge on any atom is -0.496 e. The van der Waals surface area contributed by atoms with Crippen molar-refractivity contribution in [3.05, 3.63) is 29.3 Å². The smallest absolute Gasteiger partial charge is 0.343 e. The number of benzene rings is 1. The molecule has 1 fully saturated rings. The average molecular weight is 269 g/mol. The molecule has 18 heavy (non-hydrogen) atoms. The second-order valence-corrected chi connectivity index (χ2v) is 4.83. The molecule has 1 aromatic carbocycles.